The van der Waals surface area contributed by atoms with Crippen molar-refractivity contribution in [2.24, 2.45) is 0 Å². The first-order valence-corrected chi connectivity index (χ1v) is 9.17. The lowest BCUT2D eigenvalue weighted by Gasteiger charge is -2.16. The van der Waals surface area contributed by atoms with Crippen molar-refractivity contribution in [1.29, 1.82) is 0 Å². The van der Waals surface area contributed by atoms with E-state index in [0.717, 1.165) is 40.9 Å². The Balaban J connectivity index is 1.68. The summed E-state index contributed by atoms with van der Waals surface area (Å²) in [4.78, 5) is 11.7. The number of aromatic nitrogens is 2. The van der Waals surface area contributed by atoms with Crippen LogP contribution in [0.2, 0.25) is 0 Å². The maximum Gasteiger partial charge on any atom is 0.182 e. The fraction of sp³-hybridized carbons (Fsp3) is 0.263. The number of nitrogens with one attached hydrogen (secondary N) is 1. The molecule has 0 saturated carbocycles. The van der Waals surface area contributed by atoms with E-state index in [1.165, 1.54) is 18.4 Å². The fourth-order valence-corrected chi connectivity index (χ4v) is 3.82. The molecular weight excluding hydrogens is 316 g/mol. The Labute approximate surface area is 146 Å². The maximum absolute atomic E-state index is 4.69. The van der Waals surface area contributed by atoms with Gasteiger partial charge in [-0.1, -0.05) is 24.3 Å². The quantitative estimate of drug-likeness (QED) is 0.761. The van der Waals surface area contributed by atoms with Gasteiger partial charge < -0.3 is 10.2 Å². The standard InChI is InChI=1S/C19H20N4S/c1-20-19-22-17(13-24-19)16-7-3-2-6-15(16)14-8-9-18(21-12-14)23-10-4-5-11-23/h2-3,6-9,12-13H,4-5,10-11H2,1H3,(H,20,22). The second-order valence-electron chi connectivity index (χ2n) is 5.93. The van der Waals surface area contributed by atoms with Crippen LogP contribution in [0.5, 0.6) is 0 Å². The summed E-state index contributed by atoms with van der Waals surface area (Å²) >= 11 is 1.62. The highest BCUT2D eigenvalue weighted by Crippen LogP contribution is 2.34. The predicted octanol–water partition coefficient (Wildman–Crippen LogP) is 4.51. The number of benzene rings is 1. The molecule has 3 heterocycles. The van der Waals surface area contributed by atoms with Gasteiger partial charge in [-0.15, -0.1) is 11.3 Å². The highest BCUT2D eigenvalue weighted by atomic mass is 32.1. The van der Waals surface area contributed by atoms with Crippen molar-refractivity contribution in [1.82, 2.24) is 9.97 Å². The Bertz CT molecular complexity index is 819. The molecule has 4 rings (SSSR count). The molecule has 1 saturated heterocycles. The normalized spacial score (nSPS) is 14.1. The Morgan fingerprint density at radius 1 is 1.04 bits per heavy atom. The Hall–Kier alpha value is -2.40. The van der Waals surface area contributed by atoms with Crippen molar-refractivity contribution in [2.75, 3.05) is 30.4 Å². The first-order valence-electron chi connectivity index (χ1n) is 8.29. The molecule has 3 aromatic rings. The van der Waals surface area contributed by atoms with E-state index in [-0.39, 0.29) is 0 Å². The molecule has 4 nitrogen and oxygen atoms in total. The first-order chi connectivity index (χ1) is 11.8. The highest BCUT2D eigenvalue weighted by molar-refractivity contribution is 7.14. The zero-order valence-electron chi connectivity index (χ0n) is 13.7. The highest BCUT2D eigenvalue weighted by Gasteiger charge is 2.14. The second-order valence-corrected chi connectivity index (χ2v) is 6.79. The number of thiazole rings is 1. The predicted molar refractivity (Wildman–Crippen MR) is 102 cm³/mol. The largest absolute Gasteiger partial charge is 0.365 e. The van der Waals surface area contributed by atoms with E-state index >= 15 is 0 Å². The zero-order valence-corrected chi connectivity index (χ0v) is 14.5. The third-order valence-electron chi connectivity index (χ3n) is 4.41. The van der Waals surface area contributed by atoms with E-state index in [1.54, 1.807) is 11.3 Å². The molecule has 24 heavy (non-hydrogen) atoms. The van der Waals surface area contributed by atoms with Crippen LogP contribution in [0.25, 0.3) is 22.4 Å². The van der Waals surface area contributed by atoms with Crippen molar-refractivity contribution in [3.63, 3.8) is 0 Å². The minimum absolute atomic E-state index is 0.933. The lowest BCUT2D eigenvalue weighted by molar-refractivity contribution is 0.938. The van der Waals surface area contributed by atoms with Gasteiger partial charge in [-0.3, -0.25) is 0 Å². The van der Waals surface area contributed by atoms with E-state index < -0.39 is 0 Å². The van der Waals surface area contributed by atoms with Gasteiger partial charge in [0.15, 0.2) is 5.13 Å². The van der Waals surface area contributed by atoms with Crippen LogP contribution in [0, 0.1) is 0 Å². The van der Waals surface area contributed by atoms with Gasteiger partial charge in [-0.2, -0.15) is 0 Å². The summed E-state index contributed by atoms with van der Waals surface area (Å²) in [7, 11) is 1.90. The second kappa shape index (κ2) is 6.61. The molecule has 0 spiro atoms. The number of pyridine rings is 1. The van der Waals surface area contributed by atoms with Crippen molar-refractivity contribution >= 4 is 22.3 Å². The third-order valence-corrected chi connectivity index (χ3v) is 5.27. The summed E-state index contributed by atoms with van der Waals surface area (Å²) in [5.41, 5.74) is 4.45. The van der Waals surface area contributed by atoms with Crippen LogP contribution in [0.3, 0.4) is 0 Å². The zero-order chi connectivity index (χ0) is 16.4. The first kappa shape index (κ1) is 15.1. The van der Waals surface area contributed by atoms with E-state index in [0.29, 0.717) is 0 Å². The lowest BCUT2D eigenvalue weighted by Crippen LogP contribution is -2.18. The summed E-state index contributed by atoms with van der Waals surface area (Å²) in [5, 5.41) is 6.13. The number of hydrogen-bond acceptors (Lipinski definition) is 5. The minimum atomic E-state index is 0.933. The molecule has 1 aliphatic rings. The van der Waals surface area contributed by atoms with E-state index in [2.05, 4.69) is 62.0 Å². The smallest absolute Gasteiger partial charge is 0.182 e. The molecule has 0 amide bonds. The van der Waals surface area contributed by atoms with Crippen molar-refractivity contribution < 1.29 is 0 Å². The number of hydrogen-bond donors (Lipinski definition) is 1. The fourth-order valence-electron chi connectivity index (χ4n) is 3.15. The van der Waals surface area contributed by atoms with Crippen LogP contribution >= 0.6 is 11.3 Å². The molecule has 0 radical (unpaired) electrons. The molecule has 0 aliphatic carbocycles. The molecule has 1 fully saturated rings. The summed E-state index contributed by atoms with van der Waals surface area (Å²) in [6, 6.07) is 12.7. The van der Waals surface area contributed by atoms with Gasteiger partial charge in [0.25, 0.3) is 0 Å². The average molecular weight is 336 g/mol. The average Bonchev–Trinajstić information content (AvgIpc) is 3.34. The van der Waals surface area contributed by atoms with Crippen molar-refractivity contribution in [3.05, 3.63) is 48.0 Å². The van der Waals surface area contributed by atoms with Crippen molar-refractivity contribution in [2.45, 2.75) is 12.8 Å². The summed E-state index contributed by atoms with van der Waals surface area (Å²) < 4.78 is 0. The molecule has 1 N–H and O–H groups in total. The lowest BCUT2D eigenvalue weighted by atomic mass is 9.99. The maximum atomic E-state index is 4.69. The number of nitrogens with zero attached hydrogens (tertiary/aromatic N) is 3. The Kier molecular flexibility index (Phi) is 4.17. The van der Waals surface area contributed by atoms with Gasteiger partial charge in [-0.25, -0.2) is 9.97 Å². The Morgan fingerprint density at radius 2 is 1.83 bits per heavy atom. The van der Waals surface area contributed by atoms with E-state index in [1.807, 2.05) is 13.2 Å². The van der Waals surface area contributed by atoms with Crippen LogP contribution in [-0.2, 0) is 0 Å². The van der Waals surface area contributed by atoms with Crippen LogP contribution in [0.15, 0.2) is 48.0 Å². The van der Waals surface area contributed by atoms with Gasteiger partial charge in [0.05, 0.1) is 5.69 Å². The molecule has 0 atom stereocenters. The molecular formula is C19H20N4S. The number of rotatable bonds is 4. The molecule has 122 valence electrons. The summed E-state index contributed by atoms with van der Waals surface area (Å²) in [6.07, 6.45) is 4.52. The molecule has 1 aliphatic heterocycles. The van der Waals surface area contributed by atoms with E-state index in [9.17, 15) is 0 Å². The molecule has 5 heteroatoms. The van der Waals surface area contributed by atoms with Crippen LogP contribution in [0.1, 0.15) is 12.8 Å². The van der Waals surface area contributed by atoms with Gasteiger partial charge in [0.2, 0.25) is 0 Å². The van der Waals surface area contributed by atoms with Crippen LogP contribution < -0.4 is 10.2 Å². The van der Waals surface area contributed by atoms with Crippen molar-refractivity contribution in [3.8, 4) is 22.4 Å². The topological polar surface area (TPSA) is 41.1 Å². The van der Waals surface area contributed by atoms with Gasteiger partial charge >= 0.3 is 0 Å². The van der Waals surface area contributed by atoms with Gasteiger partial charge in [0.1, 0.15) is 5.82 Å². The number of anilines is 2. The third kappa shape index (κ3) is 2.87. The Morgan fingerprint density at radius 3 is 2.50 bits per heavy atom. The molecule has 2 aromatic heterocycles. The van der Waals surface area contributed by atoms with Crippen LogP contribution in [0.4, 0.5) is 10.9 Å². The SMILES string of the molecule is CNc1nc(-c2ccccc2-c2ccc(N3CCCC3)nc2)cs1. The van der Waals surface area contributed by atoms with E-state index in [4.69, 9.17) is 0 Å². The summed E-state index contributed by atoms with van der Waals surface area (Å²) in [6.45, 7) is 2.24. The minimum Gasteiger partial charge on any atom is -0.365 e. The molecule has 0 bridgehead atoms. The van der Waals surface area contributed by atoms with Gasteiger partial charge in [-0.05, 0) is 30.5 Å². The monoisotopic (exact) mass is 336 g/mol. The summed E-state index contributed by atoms with van der Waals surface area (Å²) in [5.74, 6) is 1.08. The van der Waals surface area contributed by atoms with Gasteiger partial charge in [0, 0.05) is 42.8 Å². The van der Waals surface area contributed by atoms with Crippen LogP contribution in [-0.4, -0.2) is 30.1 Å². The molecule has 0 unspecified atom stereocenters. The molecule has 1 aromatic carbocycles.